The van der Waals surface area contributed by atoms with Gasteiger partial charge in [0.05, 0.1) is 0 Å². The fraction of sp³-hybridized carbons (Fsp3) is 0.222. The summed E-state index contributed by atoms with van der Waals surface area (Å²) in [6.07, 6.45) is 1.58. The van der Waals surface area contributed by atoms with Crippen LogP contribution in [0.15, 0.2) is 23.3 Å². The molecule has 1 N–H and O–H groups in total. The minimum absolute atomic E-state index is 0.356. The first-order valence-electron chi connectivity index (χ1n) is 4.23. The summed E-state index contributed by atoms with van der Waals surface area (Å²) in [5.41, 5.74) is 0.702. The molecule has 0 aromatic carbocycles. The molecule has 1 aromatic heterocycles. The molecular weight excluding hydrogens is 236 g/mol. The number of carboxylic acids is 1. The molecule has 1 unspecified atom stereocenters. The van der Waals surface area contributed by atoms with Crippen LogP contribution in [0.4, 0.5) is 0 Å². The SMILES string of the molecule is O=C(O)C1CSC(c2cccnc2Cl)=N1. The molecule has 1 aromatic rings. The third kappa shape index (κ3) is 2.13. The lowest BCUT2D eigenvalue weighted by Gasteiger charge is -2.00. The zero-order valence-corrected chi connectivity index (χ0v) is 9.13. The number of carboxylic acid groups (broad SMARTS) is 1. The molecule has 0 saturated carbocycles. The van der Waals surface area contributed by atoms with E-state index in [2.05, 4.69) is 9.98 Å². The van der Waals surface area contributed by atoms with Crippen molar-refractivity contribution in [2.75, 3.05) is 5.75 Å². The average molecular weight is 243 g/mol. The molecule has 0 bridgehead atoms. The molecule has 6 heteroatoms. The van der Waals surface area contributed by atoms with Crippen LogP contribution in [0, 0.1) is 0 Å². The number of aliphatic carboxylic acids is 1. The van der Waals surface area contributed by atoms with E-state index in [1.165, 1.54) is 11.8 Å². The first-order valence-corrected chi connectivity index (χ1v) is 5.59. The summed E-state index contributed by atoms with van der Waals surface area (Å²) in [5, 5.41) is 9.79. The van der Waals surface area contributed by atoms with Crippen molar-refractivity contribution < 1.29 is 9.90 Å². The van der Waals surface area contributed by atoms with E-state index < -0.39 is 12.0 Å². The van der Waals surface area contributed by atoms with Gasteiger partial charge in [0.1, 0.15) is 10.2 Å². The van der Waals surface area contributed by atoms with Crippen LogP contribution >= 0.6 is 23.4 Å². The third-order valence-electron chi connectivity index (χ3n) is 1.93. The summed E-state index contributed by atoms with van der Waals surface area (Å²) in [7, 11) is 0. The number of hydrogen-bond acceptors (Lipinski definition) is 4. The molecule has 1 aliphatic heterocycles. The third-order valence-corrected chi connectivity index (χ3v) is 3.31. The maximum atomic E-state index is 10.7. The molecule has 4 nitrogen and oxygen atoms in total. The molecule has 0 fully saturated rings. The Bertz CT molecular complexity index is 436. The Morgan fingerprint density at radius 2 is 2.47 bits per heavy atom. The van der Waals surface area contributed by atoms with Gasteiger partial charge in [0.25, 0.3) is 0 Å². The topological polar surface area (TPSA) is 62.5 Å². The smallest absolute Gasteiger partial charge is 0.329 e. The molecular formula is C9H7ClN2O2S. The highest BCUT2D eigenvalue weighted by Gasteiger charge is 2.26. The lowest BCUT2D eigenvalue weighted by molar-refractivity contribution is -0.137. The molecule has 1 atom stereocenters. The molecule has 0 amide bonds. The van der Waals surface area contributed by atoms with Gasteiger partial charge < -0.3 is 5.11 Å². The van der Waals surface area contributed by atoms with Gasteiger partial charge in [-0.3, -0.25) is 4.99 Å². The van der Waals surface area contributed by atoms with E-state index >= 15 is 0 Å². The van der Waals surface area contributed by atoms with Gasteiger partial charge in [0.15, 0.2) is 6.04 Å². The predicted octanol–water partition coefficient (Wildman–Crippen LogP) is 1.68. The zero-order valence-electron chi connectivity index (χ0n) is 7.55. The van der Waals surface area contributed by atoms with E-state index in [0.717, 1.165) is 0 Å². The van der Waals surface area contributed by atoms with E-state index in [1.54, 1.807) is 18.3 Å². The van der Waals surface area contributed by atoms with Crippen molar-refractivity contribution in [3.8, 4) is 0 Å². The highest BCUT2D eigenvalue weighted by molar-refractivity contribution is 8.14. The lowest BCUT2D eigenvalue weighted by Crippen LogP contribution is -2.17. The number of thioether (sulfide) groups is 1. The van der Waals surface area contributed by atoms with Gasteiger partial charge in [-0.25, -0.2) is 9.78 Å². The number of halogens is 1. The number of rotatable bonds is 2. The van der Waals surface area contributed by atoms with Gasteiger partial charge in [0.2, 0.25) is 0 Å². The number of aromatic nitrogens is 1. The zero-order chi connectivity index (χ0) is 10.8. The maximum absolute atomic E-state index is 10.7. The Kier molecular flexibility index (Phi) is 2.93. The predicted molar refractivity (Wildman–Crippen MR) is 59.7 cm³/mol. The first kappa shape index (κ1) is 10.4. The van der Waals surface area contributed by atoms with Crippen LogP contribution in [0.1, 0.15) is 5.56 Å². The molecule has 0 radical (unpaired) electrons. The Morgan fingerprint density at radius 3 is 3.07 bits per heavy atom. The molecule has 1 aliphatic rings. The fourth-order valence-corrected chi connectivity index (χ4v) is 2.51. The monoisotopic (exact) mass is 242 g/mol. The van der Waals surface area contributed by atoms with Gasteiger partial charge in [0, 0.05) is 17.5 Å². The summed E-state index contributed by atoms with van der Waals surface area (Å²) in [5.74, 6) is -0.451. The van der Waals surface area contributed by atoms with Crippen LogP contribution in [0.2, 0.25) is 5.15 Å². The van der Waals surface area contributed by atoms with Crippen molar-refractivity contribution >= 4 is 34.4 Å². The highest BCUT2D eigenvalue weighted by Crippen LogP contribution is 2.26. The summed E-state index contributed by atoms with van der Waals surface area (Å²) in [6, 6.07) is 2.87. The first-order chi connectivity index (χ1) is 7.18. The molecule has 0 aliphatic carbocycles. The van der Waals surface area contributed by atoms with E-state index in [4.69, 9.17) is 16.7 Å². The number of carbonyl (C=O) groups is 1. The normalized spacial score (nSPS) is 20.1. The number of aliphatic imine (C=N–C) groups is 1. The van der Waals surface area contributed by atoms with Gasteiger partial charge in [-0.2, -0.15) is 0 Å². The Labute approximate surface area is 95.4 Å². The molecule has 0 spiro atoms. The lowest BCUT2D eigenvalue weighted by atomic mass is 10.3. The van der Waals surface area contributed by atoms with E-state index in [9.17, 15) is 4.79 Å². The summed E-state index contributed by atoms with van der Waals surface area (Å²) in [4.78, 5) is 18.7. The number of hydrogen-bond donors (Lipinski definition) is 1. The van der Waals surface area contributed by atoms with Crippen LogP contribution in [0.5, 0.6) is 0 Å². The number of nitrogens with zero attached hydrogens (tertiary/aromatic N) is 2. The fourth-order valence-electron chi connectivity index (χ4n) is 1.19. The van der Waals surface area contributed by atoms with Crippen LogP contribution < -0.4 is 0 Å². The van der Waals surface area contributed by atoms with Gasteiger partial charge in [-0.1, -0.05) is 11.6 Å². The van der Waals surface area contributed by atoms with Crippen molar-refractivity contribution in [2.45, 2.75) is 6.04 Å². The van der Waals surface area contributed by atoms with E-state index in [0.29, 0.717) is 21.5 Å². The number of pyridine rings is 1. The molecule has 2 rings (SSSR count). The van der Waals surface area contributed by atoms with Crippen molar-refractivity contribution in [1.29, 1.82) is 0 Å². The summed E-state index contributed by atoms with van der Waals surface area (Å²) >= 11 is 7.27. The second kappa shape index (κ2) is 4.20. The molecule has 78 valence electrons. The quantitative estimate of drug-likeness (QED) is 0.802. The summed E-state index contributed by atoms with van der Waals surface area (Å²) < 4.78 is 0. The van der Waals surface area contributed by atoms with Crippen molar-refractivity contribution in [1.82, 2.24) is 4.98 Å². The van der Waals surface area contributed by atoms with Gasteiger partial charge in [-0.15, -0.1) is 11.8 Å². The minimum atomic E-state index is -0.905. The minimum Gasteiger partial charge on any atom is -0.480 e. The van der Waals surface area contributed by atoms with Crippen LogP contribution in [0.25, 0.3) is 0 Å². The molecule has 15 heavy (non-hydrogen) atoms. The van der Waals surface area contributed by atoms with Gasteiger partial charge >= 0.3 is 5.97 Å². The van der Waals surface area contributed by atoms with Gasteiger partial charge in [-0.05, 0) is 12.1 Å². The average Bonchev–Trinajstić information content (AvgIpc) is 2.67. The van der Waals surface area contributed by atoms with E-state index in [-0.39, 0.29) is 0 Å². The highest BCUT2D eigenvalue weighted by atomic mass is 35.5. The van der Waals surface area contributed by atoms with Crippen LogP contribution in [-0.4, -0.2) is 32.9 Å². The van der Waals surface area contributed by atoms with Crippen LogP contribution in [0.3, 0.4) is 0 Å². The van der Waals surface area contributed by atoms with Crippen molar-refractivity contribution in [3.05, 3.63) is 29.0 Å². The maximum Gasteiger partial charge on any atom is 0.329 e. The second-order valence-electron chi connectivity index (χ2n) is 2.94. The largest absolute Gasteiger partial charge is 0.480 e. The Hall–Kier alpha value is -1.07. The summed E-state index contributed by atoms with van der Waals surface area (Å²) in [6.45, 7) is 0. The van der Waals surface area contributed by atoms with E-state index in [1.807, 2.05) is 0 Å². The molecule has 2 heterocycles. The van der Waals surface area contributed by atoms with Crippen LogP contribution in [-0.2, 0) is 4.79 Å². The Morgan fingerprint density at radius 1 is 1.67 bits per heavy atom. The standard InChI is InChI=1S/C9H7ClN2O2S/c10-7-5(2-1-3-11-7)8-12-6(4-15-8)9(13)14/h1-3,6H,4H2,(H,13,14). The van der Waals surface area contributed by atoms with Crippen molar-refractivity contribution in [3.63, 3.8) is 0 Å². The second-order valence-corrected chi connectivity index (χ2v) is 4.31. The molecule has 0 saturated heterocycles. The van der Waals surface area contributed by atoms with Crippen molar-refractivity contribution in [2.24, 2.45) is 4.99 Å². The Balaban J connectivity index is 2.30.